The molecule has 0 spiro atoms. The lowest BCUT2D eigenvalue weighted by molar-refractivity contribution is -0.192. The Morgan fingerprint density at radius 1 is 1.00 bits per heavy atom. The van der Waals surface area contributed by atoms with Gasteiger partial charge in [0.25, 0.3) is 0 Å². The molecule has 2 aromatic rings. The first-order chi connectivity index (χ1) is 21.5. The molecule has 3 rings (SSSR count). The Balaban J connectivity index is 0.000000942. The predicted molar refractivity (Wildman–Crippen MR) is 160 cm³/mol. The van der Waals surface area contributed by atoms with Gasteiger partial charge in [-0.2, -0.15) is 17.5 Å². The van der Waals surface area contributed by atoms with Crippen LogP contribution in [0, 0.1) is 0 Å². The summed E-state index contributed by atoms with van der Waals surface area (Å²) in [7, 11) is -3.90. The lowest BCUT2D eigenvalue weighted by Crippen LogP contribution is -2.51. The molecule has 8 N–H and O–H groups in total. The van der Waals surface area contributed by atoms with E-state index in [1.165, 1.54) is 12.1 Å². The highest BCUT2D eigenvalue weighted by atomic mass is 32.2. The van der Waals surface area contributed by atoms with Crippen molar-refractivity contribution >= 4 is 45.4 Å². The van der Waals surface area contributed by atoms with E-state index in [4.69, 9.17) is 21.4 Å². The standard InChI is InChI=1S/C26H34N6O6S.C2HF3O2/c27-26(28)29-15-5-4-10-23(33)30-19-13-11-18(12-14-19)17-21(25(35)36)31-24(34)22-9-6-16-32(22)39(37,38)20-7-2-1-3-8-20;3-2(4,5)1(6)7/h1-3,7-8,11-14,21-22H,4-6,9-10,15-17H2,(H,30,33)(H,31,34)(H,35,36)(H4,27,28,29);(H,6,7). The normalized spacial score (nSPS) is 15.5. The summed E-state index contributed by atoms with van der Waals surface area (Å²) in [6, 6.07) is 12.2. The fourth-order valence-corrected chi connectivity index (χ4v) is 5.95. The van der Waals surface area contributed by atoms with Gasteiger partial charge in [0.15, 0.2) is 5.96 Å². The number of guanidine groups is 1. The Morgan fingerprint density at radius 2 is 1.61 bits per heavy atom. The molecule has 1 aliphatic heterocycles. The third kappa shape index (κ3) is 12.0. The molecule has 0 saturated carbocycles. The number of rotatable bonds is 13. The summed E-state index contributed by atoms with van der Waals surface area (Å²) < 4.78 is 59.0. The molecule has 46 heavy (non-hydrogen) atoms. The minimum atomic E-state index is -5.08. The smallest absolute Gasteiger partial charge is 0.480 e. The number of anilines is 1. The number of aliphatic imine (C=N–C) groups is 1. The van der Waals surface area contributed by atoms with Gasteiger partial charge < -0.3 is 32.3 Å². The number of aliphatic carboxylic acids is 2. The Labute approximate surface area is 262 Å². The number of hydrogen-bond donors (Lipinski definition) is 6. The topological polar surface area (TPSA) is 235 Å². The molecule has 2 aromatic carbocycles. The van der Waals surface area contributed by atoms with Crippen LogP contribution in [0.1, 0.15) is 37.7 Å². The molecule has 0 aliphatic carbocycles. The SMILES string of the molecule is NC(N)=NCCCCC(=O)Nc1ccc(CC(NC(=O)C2CCCN2S(=O)(=O)c2ccccc2)C(=O)O)cc1.O=C(O)C(F)(F)F. The van der Waals surface area contributed by atoms with Crippen molar-refractivity contribution in [1.29, 1.82) is 0 Å². The Bertz CT molecular complexity index is 1480. The van der Waals surface area contributed by atoms with Crippen molar-refractivity contribution in [2.75, 3.05) is 18.4 Å². The highest BCUT2D eigenvalue weighted by molar-refractivity contribution is 7.89. The molecule has 252 valence electrons. The summed E-state index contributed by atoms with van der Waals surface area (Å²) in [4.78, 5) is 49.9. The zero-order valence-electron chi connectivity index (χ0n) is 24.4. The highest BCUT2D eigenvalue weighted by Gasteiger charge is 2.40. The first-order valence-electron chi connectivity index (χ1n) is 13.9. The van der Waals surface area contributed by atoms with E-state index in [1.807, 2.05) is 0 Å². The van der Waals surface area contributed by atoms with Crippen LogP contribution in [-0.2, 0) is 35.6 Å². The summed E-state index contributed by atoms with van der Waals surface area (Å²) in [6.07, 6.45) is -2.72. The van der Waals surface area contributed by atoms with Gasteiger partial charge in [-0.15, -0.1) is 0 Å². The van der Waals surface area contributed by atoms with Crippen molar-refractivity contribution in [2.45, 2.75) is 61.7 Å². The number of amides is 2. The maximum absolute atomic E-state index is 13.1. The second kappa shape index (κ2) is 17.1. The van der Waals surface area contributed by atoms with Crippen molar-refractivity contribution in [1.82, 2.24) is 9.62 Å². The molecule has 0 radical (unpaired) electrons. The minimum absolute atomic E-state index is 0.0146. The maximum atomic E-state index is 13.1. The van der Waals surface area contributed by atoms with Crippen LogP contribution < -0.4 is 22.1 Å². The van der Waals surface area contributed by atoms with E-state index in [-0.39, 0.29) is 29.7 Å². The van der Waals surface area contributed by atoms with Gasteiger partial charge in [-0.1, -0.05) is 30.3 Å². The number of nitrogens with zero attached hydrogens (tertiary/aromatic N) is 2. The van der Waals surface area contributed by atoms with Crippen LogP contribution in [0.2, 0.25) is 0 Å². The first-order valence-corrected chi connectivity index (χ1v) is 15.3. The summed E-state index contributed by atoms with van der Waals surface area (Å²) >= 11 is 0. The first kappa shape index (κ1) is 37.5. The van der Waals surface area contributed by atoms with Crippen molar-refractivity contribution in [3.8, 4) is 0 Å². The molecule has 18 heteroatoms. The van der Waals surface area contributed by atoms with Crippen molar-refractivity contribution in [3.63, 3.8) is 0 Å². The molecule has 1 fully saturated rings. The fourth-order valence-electron chi connectivity index (χ4n) is 4.27. The number of nitrogens with one attached hydrogen (secondary N) is 2. The average molecular weight is 673 g/mol. The molecule has 14 nitrogen and oxygen atoms in total. The van der Waals surface area contributed by atoms with E-state index in [1.54, 1.807) is 42.5 Å². The fraction of sp³-hybridized carbons (Fsp3) is 0.393. The number of carbonyl (C=O) groups excluding carboxylic acids is 2. The van der Waals surface area contributed by atoms with Gasteiger partial charge in [-0.05, 0) is 55.5 Å². The molecule has 1 saturated heterocycles. The van der Waals surface area contributed by atoms with Gasteiger partial charge >= 0.3 is 18.1 Å². The van der Waals surface area contributed by atoms with Crippen LogP contribution in [0.4, 0.5) is 18.9 Å². The van der Waals surface area contributed by atoms with Gasteiger partial charge in [-0.25, -0.2) is 18.0 Å². The number of halogens is 3. The number of carboxylic acid groups (broad SMARTS) is 2. The monoisotopic (exact) mass is 672 g/mol. The molecule has 2 amide bonds. The summed E-state index contributed by atoms with van der Waals surface area (Å²) in [5.41, 5.74) is 11.7. The largest absolute Gasteiger partial charge is 0.490 e. The lowest BCUT2D eigenvalue weighted by Gasteiger charge is -2.25. The quantitative estimate of drug-likeness (QED) is 0.102. The number of nitrogens with two attached hydrogens (primary N) is 2. The number of carbonyl (C=O) groups is 4. The van der Waals surface area contributed by atoms with Crippen LogP contribution in [0.5, 0.6) is 0 Å². The Morgan fingerprint density at radius 3 is 2.15 bits per heavy atom. The summed E-state index contributed by atoms with van der Waals surface area (Å²) in [5, 5.41) is 22.1. The maximum Gasteiger partial charge on any atom is 0.490 e. The molecule has 1 aliphatic rings. The molecule has 0 bridgehead atoms. The van der Waals surface area contributed by atoms with Gasteiger partial charge in [0, 0.05) is 31.6 Å². The van der Waals surface area contributed by atoms with Gasteiger partial charge in [-0.3, -0.25) is 14.6 Å². The van der Waals surface area contributed by atoms with Crippen molar-refractivity contribution in [2.24, 2.45) is 16.5 Å². The highest BCUT2D eigenvalue weighted by Crippen LogP contribution is 2.26. The van der Waals surface area contributed by atoms with E-state index in [9.17, 15) is 41.1 Å². The Hall–Kier alpha value is -4.71. The minimum Gasteiger partial charge on any atom is -0.480 e. The summed E-state index contributed by atoms with van der Waals surface area (Å²) in [6.45, 7) is 0.629. The third-order valence-corrected chi connectivity index (χ3v) is 8.42. The van der Waals surface area contributed by atoms with Crippen molar-refractivity contribution in [3.05, 3.63) is 60.2 Å². The molecule has 2 unspecified atom stereocenters. The van der Waals surface area contributed by atoms with Crippen molar-refractivity contribution < 1.29 is 51.0 Å². The molecule has 1 heterocycles. The van der Waals surface area contributed by atoms with E-state index in [2.05, 4.69) is 15.6 Å². The Kier molecular flexibility index (Phi) is 13.9. The predicted octanol–water partition coefficient (Wildman–Crippen LogP) is 1.67. The van der Waals surface area contributed by atoms with Gasteiger partial charge in [0.1, 0.15) is 12.1 Å². The number of alkyl halides is 3. The number of carboxylic acids is 2. The van der Waals surface area contributed by atoms with E-state index in [0.717, 1.165) is 4.31 Å². The summed E-state index contributed by atoms with van der Waals surface area (Å²) in [5.74, 6) is -4.80. The van der Waals surface area contributed by atoms with Crippen LogP contribution in [-0.4, -0.2) is 84.0 Å². The lowest BCUT2D eigenvalue weighted by atomic mass is 10.0. The van der Waals surface area contributed by atoms with Gasteiger partial charge in [0.2, 0.25) is 21.8 Å². The van der Waals surface area contributed by atoms with E-state index >= 15 is 0 Å². The molecule has 0 aromatic heterocycles. The van der Waals surface area contributed by atoms with Crippen LogP contribution in [0.3, 0.4) is 0 Å². The van der Waals surface area contributed by atoms with E-state index < -0.39 is 46.1 Å². The molecular formula is C28H35F3N6O8S. The zero-order valence-corrected chi connectivity index (χ0v) is 25.3. The average Bonchev–Trinajstić information content (AvgIpc) is 3.49. The second-order valence-electron chi connectivity index (χ2n) is 10.0. The second-order valence-corrected chi connectivity index (χ2v) is 11.9. The zero-order chi connectivity index (χ0) is 34.5. The van der Waals surface area contributed by atoms with Gasteiger partial charge in [0.05, 0.1) is 4.90 Å². The molecular weight excluding hydrogens is 637 g/mol. The number of hydrogen-bond acceptors (Lipinski definition) is 7. The van der Waals surface area contributed by atoms with Crippen LogP contribution in [0.25, 0.3) is 0 Å². The number of unbranched alkanes of at least 4 members (excludes halogenated alkanes) is 1. The van der Waals surface area contributed by atoms with Crippen LogP contribution >= 0.6 is 0 Å². The molecule has 2 atom stereocenters. The number of benzene rings is 2. The van der Waals surface area contributed by atoms with Crippen LogP contribution in [0.15, 0.2) is 64.5 Å². The number of sulfonamides is 1. The van der Waals surface area contributed by atoms with E-state index in [0.29, 0.717) is 49.9 Å². The third-order valence-electron chi connectivity index (χ3n) is 6.50.